The molecule has 1 heteroatoms. The zero-order valence-electron chi connectivity index (χ0n) is 12.1. The summed E-state index contributed by atoms with van der Waals surface area (Å²) in [5.74, 6) is 6.16. The summed E-state index contributed by atoms with van der Waals surface area (Å²) in [4.78, 5) is 0. The van der Waals surface area contributed by atoms with Gasteiger partial charge in [0.2, 0.25) is 0 Å². The third kappa shape index (κ3) is 11.8. The van der Waals surface area contributed by atoms with Gasteiger partial charge in [-0.3, -0.25) is 0 Å². The summed E-state index contributed by atoms with van der Waals surface area (Å²) in [6.07, 6.45) is 11.7. The Morgan fingerprint density at radius 2 is 1.71 bits per heavy atom. The minimum Gasteiger partial charge on any atom is -0.314 e. The Labute approximate surface area is 109 Å². The van der Waals surface area contributed by atoms with Crippen molar-refractivity contribution in [1.29, 1.82) is 0 Å². The molecule has 0 aliphatic heterocycles. The molecule has 0 aliphatic rings. The maximum absolute atomic E-state index is 3.65. The molecule has 0 bridgehead atoms. The fraction of sp³-hybridized carbons (Fsp3) is 0.875. The number of hydrogen-bond acceptors (Lipinski definition) is 1. The van der Waals surface area contributed by atoms with Crippen molar-refractivity contribution in [3.05, 3.63) is 0 Å². The summed E-state index contributed by atoms with van der Waals surface area (Å²) in [6, 6.07) is 0.692. The normalized spacial score (nSPS) is 11.9. The van der Waals surface area contributed by atoms with Crippen molar-refractivity contribution in [2.45, 2.75) is 84.6 Å². The lowest BCUT2D eigenvalue weighted by molar-refractivity contribution is 0.435. The summed E-state index contributed by atoms with van der Waals surface area (Å²) >= 11 is 0. The van der Waals surface area contributed by atoms with Crippen molar-refractivity contribution in [1.82, 2.24) is 5.32 Å². The molecule has 17 heavy (non-hydrogen) atoms. The van der Waals surface area contributed by atoms with E-state index < -0.39 is 0 Å². The largest absolute Gasteiger partial charge is 0.314 e. The molecule has 0 radical (unpaired) electrons. The monoisotopic (exact) mass is 237 g/mol. The Kier molecular flexibility index (Phi) is 13.2. The molecule has 0 saturated heterocycles. The van der Waals surface area contributed by atoms with Crippen molar-refractivity contribution >= 4 is 0 Å². The van der Waals surface area contributed by atoms with Gasteiger partial charge >= 0.3 is 0 Å². The Morgan fingerprint density at radius 3 is 2.35 bits per heavy atom. The van der Waals surface area contributed by atoms with Crippen LogP contribution >= 0.6 is 0 Å². The molecule has 100 valence electrons. The van der Waals surface area contributed by atoms with Gasteiger partial charge in [-0.05, 0) is 32.7 Å². The number of unbranched alkanes of at least 4 members (excludes halogenated alkanes) is 4. The zero-order chi connectivity index (χ0) is 12.8. The van der Waals surface area contributed by atoms with E-state index in [4.69, 9.17) is 0 Å². The topological polar surface area (TPSA) is 12.0 Å². The zero-order valence-corrected chi connectivity index (χ0v) is 12.1. The smallest absolute Gasteiger partial charge is 0.0103 e. The lowest BCUT2D eigenvalue weighted by Gasteiger charge is -2.17. The summed E-state index contributed by atoms with van der Waals surface area (Å²) in [7, 11) is 0. The highest BCUT2D eigenvalue weighted by molar-refractivity contribution is 4.95. The Balaban J connectivity index is 3.63. The maximum Gasteiger partial charge on any atom is 0.0103 e. The molecular formula is C16H31N. The first kappa shape index (κ1) is 16.5. The standard InChI is InChI=1S/C16H31N/c1-4-7-9-10-12-14-16(17-15-6-3)13-11-8-5-2/h16-17H,4,6-7,9-15H2,1-3H3. The first-order valence-electron chi connectivity index (χ1n) is 7.48. The summed E-state index contributed by atoms with van der Waals surface area (Å²) in [5.41, 5.74) is 0. The molecule has 0 aromatic rings. The molecule has 0 saturated carbocycles. The lowest BCUT2D eigenvalue weighted by atomic mass is 10.0. The Bertz CT molecular complexity index is 199. The van der Waals surface area contributed by atoms with Crippen molar-refractivity contribution in [3.8, 4) is 11.8 Å². The van der Waals surface area contributed by atoms with Crippen LogP contribution in [0, 0.1) is 11.8 Å². The molecule has 0 heterocycles. The molecule has 0 spiro atoms. The number of rotatable bonds is 11. The van der Waals surface area contributed by atoms with E-state index in [-0.39, 0.29) is 0 Å². The lowest BCUT2D eigenvalue weighted by Crippen LogP contribution is -2.29. The fourth-order valence-corrected chi connectivity index (χ4v) is 2.06. The molecule has 0 aromatic carbocycles. The molecule has 1 nitrogen and oxygen atoms in total. The first-order valence-corrected chi connectivity index (χ1v) is 7.48. The SMILES string of the molecule is CC#CCCC(CCCCCCC)NCCC. The van der Waals surface area contributed by atoms with Crippen LogP contribution in [-0.4, -0.2) is 12.6 Å². The summed E-state index contributed by atoms with van der Waals surface area (Å²) in [5, 5.41) is 3.65. The minimum absolute atomic E-state index is 0.692. The predicted molar refractivity (Wildman–Crippen MR) is 78.1 cm³/mol. The second-order valence-electron chi connectivity index (χ2n) is 4.82. The van der Waals surface area contributed by atoms with Gasteiger partial charge in [-0.25, -0.2) is 0 Å². The van der Waals surface area contributed by atoms with Gasteiger partial charge in [-0.15, -0.1) is 11.8 Å². The van der Waals surface area contributed by atoms with Crippen molar-refractivity contribution in [2.75, 3.05) is 6.54 Å². The van der Waals surface area contributed by atoms with E-state index in [0.717, 1.165) is 13.0 Å². The van der Waals surface area contributed by atoms with E-state index in [1.54, 1.807) is 0 Å². The van der Waals surface area contributed by atoms with Crippen LogP contribution in [0.1, 0.15) is 78.6 Å². The second kappa shape index (κ2) is 13.6. The maximum atomic E-state index is 3.65. The van der Waals surface area contributed by atoms with Gasteiger partial charge in [0.15, 0.2) is 0 Å². The number of nitrogens with one attached hydrogen (secondary N) is 1. The van der Waals surface area contributed by atoms with Gasteiger partial charge in [-0.1, -0.05) is 46.0 Å². The van der Waals surface area contributed by atoms with Crippen LogP contribution in [0.3, 0.4) is 0 Å². The van der Waals surface area contributed by atoms with Crippen LogP contribution in [-0.2, 0) is 0 Å². The van der Waals surface area contributed by atoms with Crippen LogP contribution < -0.4 is 5.32 Å². The quantitative estimate of drug-likeness (QED) is 0.411. The molecule has 0 amide bonds. The average Bonchev–Trinajstić information content (AvgIpc) is 2.35. The summed E-state index contributed by atoms with van der Waals surface area (Å²) in [6.45, 7) is 7.59. The van der Waals surface area contributed by atoms with Crippen LogP contribution in [0.5, 0.6) is 0 Å². The molecule has 0 rings (SSSR count). The van der Waals surface area contributed by atoms with Crippen molar-refractivity contribution < 1.29 is 0 Å². The fourth-order valence-electron chi connectivity index (χ4n) is 2.06. The van der Waals surface area contributed by atoms with Crippen molar-refractivity contribution in [3.63, 3.8) is 0 Å². The van der Waals surface area contributed by atoms with E-state index in [1.807, 2.05) is 6.92 Å². The average molecular weight is 237 g/mol. The molecular weight excluding hydrogens is 206 g/mol. The molecule has 0 fully saturated rings. The summed E-state index contributed by atoms with van der Waals surface area (Å²) < 4.78 is 0. The van der Waals surface area contributed by atoms with Crippen LogP contribution in [0.15, 0.2) is 0 Å². The first-order chi connectivity index (χ1) is 8.35. The highest BCUT2D eigenvalue weighted by atomic mass is 14.9. The van der Waals surface area contributed by atoms with Crippen LogP contribution in [0.2, 0.25) is 0 Å². The van der Waals surface area contributed by atoms with E-state index in [9.17, 15) is 0 Å². The third-order valence-corrected chi connectivity index (χ3v) is 3.13. The highest BCUT2D eigenvalue weighted by Gasteiger charge is 2.06. The second-order valence-corrected chi connectivity index (χ2v) is 4.82. The highest BCUT2D eigenvalue weighted by Crippen LogP contribution is 2.10. The van der Waals surface area contributed by atoms with Gasteiger partial charge in [0.1, 0.15) is 0 Å². The van der Waals surface area contributed by atoms with E-state index >= 15 is 0 Å². The molecule has 1 atom stereocenters. The van der Waals surface area contributed by atoms with E-state index in [1.165, 1.54) is 51.4 Å². The minimum atomic E-state index is 0.692. The van der Waals surface area contributed by atoms with Gasteiger partial charge in [-0.2, -0.15) is 0 Å². The van der Waals surface area contributed by atoms with E-state index in [0.29, 0.717) is 6.04 Å². The number of hydrogen-bond donors (Lipinski definition) is 1. The van der Waals surface area contributed by atoms with Crippen LogP contribution in [0.25, 0.3) is 0 Å². The molecule has 0 aliphatic carbocycles. The van der Waals surface area contributed by atoms with Crippen LogP contribution in [0.4, 0.5) is 0 Å². The van der Waals surface area contributed by atoms with Gasteiger partial charge in [0.05, 0.1) is 0 Å². The molecule has 0 aromatic heterocycles. The molecule has 1 unspecified atom stereocenters. The van der Waals surface area contributed by atoms with Gasteiger partial charge in [0.25, 0.3) is 0 Å². The van der Waals surface area contributed by atoms with Gasteiger partial charge in [0, 0.05) is 12.5 Å². The van der Waals surface area contributed by atoms with Gasteiger partial charge < -0.3 is 5.32 Å². The Hall–Kier alpha value is -0.480. The van der Waals surface area contributed by atoms with Crippen molar-refractivity contribution in [2.24, 2.45) is 0 Å². The molecule has 1 N–H and O–H groups in total. The van der Waals surface area contributed by atoms with E-state index in [2.05, 4.69) is 31.0 Å². The Morgan fingerprint density at radius 1 is 0.941 bits per heavy atom. The predicted octanol–water partition coefficient (Wildman–Crippen LogP) is 4.52. The third-order valence-electron chi connectivity index (χ3n) is 3.13.